The largest absolute Gasteiger partial charge is 3.00 e. The van der Waals surface area contributed by atoms with Crippen LogP contribution in [0, 0.1) is 0 Å². The van der Waals surface area contributed by atoms with Crippen molar-refractivity contribution in [1.82, 2.24) is 0 Å². The summed E-state index contributed by atoms with van der Waals surface area (Å²) in [6.07, 6.45) is 21.9. The first kappa shape index (κ1) is 22.8. The van der Waals surface area contributed by atoms with Crippen LogP contribution in [0.2, 0.25) is 0 Å². The van der Waals surface area contributed by atoms with Crippen LogP contribution >= 0.6 is 0 Å². The van der Waals surface area contributed by atoms with Crippen LogP contribution < -0.4 is 5.11 Å². The number of hydrogen-bond donors (Lipinski definition) is 0. The van der Waals surface area contributed by atoms with Gasteiger partial charge < -0.3 is 9.90 Å². The summed E-state index contributed by atoms with van der Waals surface area (Å²) in [5.74, 6) is -0.921. The van der Waals surface area contributed by atoms with Gasteiger partial charge in [0, 0.05) is 5.97 Å². The summed E-state index contributed by atoms with van der Waals surface area (Å²) < 4.78 is 0. The maximum absolute atomic E-state index is 10.2. The van der Waals surface area contributed by atoms with Crippen molar-refractivity contribution in [3.8, 4) is 0 Å². The van der Waals surface area contributed by atoms with Gasteiger partial charge in [-0.05, 0) is 44.9 Å². The Morgan fingerprint density at radius 1 is 0.810 bits per heavy atom. The molecule has 0 unspecified atom stereocenters. The zero-order valence-corrected chi connectivity index (χ0v) is 14.8. The van der Waals surface area contributed by atoms with Gasteiger partial charge in [-0.15, -0.1) is 0 Å². The van der Waals surface area contributed by atoms with Gasteiger partial charge in [-0.25, -0.2) is 0 Å². The van der Waals surface area contributed by atoms with Gasteiger partial charge in [0.25, 0.3) is 0 Å². The molecule has 2 nitrogen and oxygen atoms in total. The fourth-order valence-electron chi connectivity index (χ4n) is 2.08. The molecule has 3 heteroatoms. The van der Waals surface area contributed by atoms with Crippen molar-refractivity contribution in [3.05, 3.63) is 24.3 Å². The molecule has 21 heavy (non-hydrogen) atoms. The Bertz CT molecular complexity index is 272. The standard InChI is InChI=1S/C18H32O2.Al/c1-2-3-4-5-6-7-8-9-10-11-12-13-14-15-16-17-18(19)20;/h6-7,9-10H,2-5,8,11-17H2,1H3,(H,19,20);/q;+3/p-1/b7-6-,10-9-;. The average molecular weight is 306 g/mol. The van der Waals surface area contributed by atoms with Gasteiger partial charge >= 0.3 is 17.4 Å². The summed E-state index contributed by atoms with van der Waals surface area (Å²) in [6.45, 7) is 2.23. The number of carboxylic acids is 1. The predicted molar refractivity (Wildman–Crippen MR) is 90.1 cm³/mol. The molecule has 0 radical (unpaired) electrons. The molecule has 0 N–H and O–H groups in total. The number of unbranched alkanes of at least 4 members (excludes halogenated alkanes) is 8. The molecule has 0 aromatic carbocycles. The zero-order chi connectivity index (χ0) is 14.9. The van der Waals surface area contributed by atoms with Gasteiger partial charge in [0.05, 0.1) is 0 Å². The Morgan fingerprint density at radius 3 is 1.90 bits per heavy atom. The fraction of sp³-hybridized carbons (Fsp3) is 0.722. The van der Waals surface area contributed by atoms with Crippen molar-refractivity contribution in [2.45, 2.75) is 84.0 Å². The van der Waals surface area contributed by atoms with Crippen molar-refractivity contribution in [3.63, 3.8) is 0 Å². The van der Waals surface area contributed by atoms with E-state index in [4.69, 9.17) is 0 Å². The SMILES string of the molecule is CCCCC/C=C\C/C=C\CCCCCCCC(=O)[O-].[Al+3]. The van der Waals surface area contributed by atoms with Gasteiger partial charge in [0.15, 0.2) is 0 Å². The minimum absolute atomic E-state index is 0. The maximum atomic E-state index is 10.2. The van der Waals surface area contributed by atoms with E-state index in [1.165, 1.54) is 38.5 Å². The molecular weight excluding hydrogens is 275 g/mol. The predicted octanol–water partition coefficient (Wildman–Crippen LogP) is 4.17. The van der Waals surface area contributed by atoms with Crippen LogP contribution in [-0.2, 0) is 4.79 Å². The molecule has 0 bridgehead atoms. The van der Waals surface area contributed by atoms with Gasteiger partial charge in [0.1, 0.15) is 0 Å². The molecule has 0 amide bonds. The van der Waals surface area contributed by atoms with Crippen LogP contribution in [0.4, 0.5) is 0 Å². The number of carbonyl (C=O) groups excluding carboxylic acids is 1. The van der Waals surface area contributed by atoms with Crippen molar-refractivity contribution in [1.29, 1.82) is 0 Å². The first-order valence-corrected chi connectivity index (χ1v) is 8.27. The molecule has 0 aliphatic carbocycles. The molecular formula is C18H31AlO2+2. The normalized spacial score (nSPS) is 11.1. The van der Waals surface area contributed by atoms with Crippen LogP contribution in [0.25, 0.3) is 0 Å². The molecule has 0 heterocycles. The number of hydrogen-bond acceptors (Lipinski definition) is 2. The summed E-state index contributed by atoms with van der Waals surface area (Å²) in [6, 6.07) is 0. The third-order valence-electron chi connectivity index (χ3n) is 3.33. The molecule has 116 valence electrons. The van der Waals surface area contributed by atoms with E-state index in [-0.39, 0.29) is 23.8 Å². The van der Waals surface area contributed by atoms with Gasteiger partial charge in [-0.3, -0.25) is 0 Å². The summed E-state index contributed by atoms with van der Waals surface area (Å²) in [5, 5.41) is 10.2. The van der Waals surface area contributed by atoms with E-state index in [0.717, 1.165) is 32.1 Å². The van der Waals surface area contributed by atoms with Crippen molar-refractivity contribution < 1.29 is 9.90 Å². The third kappa shape index (κ3) is 21.9. The molecule has 0 fully saturated rings. The van der Waals surface area contributed by atoms with Crippen molar-refractivity contribution in [2.75, 3.05) is 0 Å². The van der Waals surface area contributed by atoms with Gasteiger partial charge in [0.2, 0.25) is 0 Å². The van der Waals surface area contributed by atoms with E-state index in [1.807, 2.05) is 0 Å². The Kier molecular flexibility index (Phi) is 21.1. The second-order valence-corrected chi connectivity index (χ2v) is 5.35. The monoisotopic (exact) mass is 306 g/mol. The van der Waals surface area contributed by atoms with Crippen LogP contribution in [0.15, 0.2) is 24.3 Å². The quantitative estimate of drug-likeness (QED) is 0.274. The summed E-state index contributed by atoms with van der Waals surface area (Å²) in [4.78, 5) is 10.2. The Hall–Kier alpha value is -0.518. The average Bonchev–Trinajstić information content (AvgIpc) is 2.43. The summed E-state index contributed by atoms with van der Waals surface area (Å²) in [7, 11) is 0. The number of rotatable bonds is 14. The number of allylic oxidation sites excluding steroid dienone is 4. The Morgan fingerprint density at radius 2 is 1.33 bits per heavy atom. The van der Waals surface area contributed by atoms with Gasteiger partial charge in [-0.2, -0.15) is 0 Å². The molecule has 0 saturated carbocycles. The van der Waals surface area contributed by atoms with E-state index in [0.29, 0.717) is 0 Å². The maximum Gasteiger partial charge on any atom is 3.00 e. The third-order valence-corrected chi connectivity index (χ3v) is 3.33. The summed E-state index contributed by atoms with van der Waals surface area (Å²) >= 11 is 0. The molecule has 0 aromatic heterocycles. The van der Waals surface area contributed by atoms with Crippen LogP contribution in [0.1, 0.15) is 84.0 Å². The molecule has 0 saturated heterocycles. The van der Waals surface area contributed by atoms with Crippen molar-refractivity contribution in [2.24, 2.45) is 0 Å². The van der Waals surface area contributed by atoms with Crippen LogP contribution in [-0.4, -0.2) is 23.3 Å². The summed E-state index contributed by atoms with van der Waals surface area (Å²) in [5.41, 5.74) is 0. The van der Waals surface area contributed by atoms with E-state index in [9.17, 15) is 9.90 Å². The Labute approximate surface area is 141 Å². The van der Waals surface area contributed by atoms with Crippen LogP contribution in [0.3, 0.4) is 0 Å². The minimum Gasteiger partial charge on any atom is -0.550 e. The first-order valence-electron chi connectivity index (χ1n) is 8.27. The molecule has 0 aromatic rings. The fourth-order valence-corrected chi connectivity index (χ4v) is 2.08. The zero-order valence-electron chi connectivity index (χ0n) is 13.7. The van der Waals surface area contributed by atoms with E-state index >= 15 is 0 Å². The van der Waals surface area contributed by atoms with E-state index in [1.54, 1.807) is 0 Å². The van der Waals surface area contributed by atoms with Gasteiger partial charge in [-0.1, -0.05) is 63.3 Å². The molecule has 0 atom stereocenters. The first-order chi connectivity index (χ1) is 9.77. The van der Waals surface area contributed by atoms with E-state index in [2.05, 4.69) is 31.2 Å². The molecule has 0 aliphatic heterocycles. The number of aliphatic carboxylic acids is 1. The molecule has 0 aliphatic rings. The Balaban J connectivity index is 0. The second kappa shape index (κ2) is 19.5. The number of carbonyl (C=O) groups is 1. The minimum atomic E-state index is -0.921. The topological polar surface area (TPSA) is 40.1 Å². The molecule has 0 spiro atoms. The van der Waals surface area contributed by atoms with Crippen molar-refractivity contribution >= 4 is 23.3 Å². The smallest absolute Gasteiger partial charge is 0.550 e. The molecule has 0 rings (SSSR count). The second-order valence-electron chi connectivity index (χ2n) is 5.35. The van der Waals surface area contributed by atoms with E-state index < -0.39 is 5.97 Å². The van der Waals surface area contributed by atoms with Crippen LogP contribution in [0.5, 0.6) is 0 Å². The number of carboxylic acid groups (broad SMARTS) is 1.